The van der Waals surface area contributed by atoms with Gasteiger partial charge in [-0.1, -0.05) is 18.2 Å². The van der Waals surface area contributed by atoms with Gasteiger partial charge in [0.1, 0.15) is 12.4 Å². The first-order valence-electron chi connectivity index (χ1n) is 6.67. The molecule has 5 nitrogen and oxygen atoms in total. The molecule has 2 N–H and O–H groups in total. The smallest absolute Gasteiger partial charge is 0.259 e. The van der Waals surface area contributed by atoms with Crippen molar-refractivity contribution in [1.29, 1.82) is 0 Å². The Morgan fingerprint density at radius 3 is 2.64 bits per heavy atom. The van der Waals surface area contributed by atoms with Crippen LogP contribution in [0.4, 0.5) is 5.69 Å². The normalized spacial score (nSPS) is 11.8. The Bertz CT molecular complexity index is 715. The van der Waals surface area contributed by atoms with Gasteiger partial charge in [0.25, 0.3) is 11.3 Å². The molecular formula is C16H17NO4S. The molecule has 0 aromatic heterocycles. The molecule has 0 saturated heterocycles. The highest BCUT2D eigenvalue weighted by atomic mass is 32.2. The van der Waals surface area contributed by atoms with Gasteiger partial charge in [-0.25, -0.2) is 4.21 Å². The summed E-state index contributed by atoms with van der Waals surface area (Å²) in [5.74, 6) is 0.653. The average molecular weight is 319 g/mol. The molecule has 0 heterocycles. The van der Waals surface area contributed by atoms with E-state index in [9.17, 15) is 9.00 Å². The second-order valence-electron chi connectivity index (χ2n) is 4.83. The van der Waals surface area contributed by atoms with E-state index < -0.39 is 11.3 Å². The van der Waals surface area contributed by atoms with Gasteiger partial charge >= 0.3 is 0 Å². The van der Waals surface area contributed by atoms with Crippen LogP contribution in [0, 0.1) is 6.92 Å². The summed E-state index contributed by atoms with van der Waals surface area (Å²) in [7, 11) is 0. The lowest BCUT2D eigenvalue weighted by atomic mass is 10.1. The number of carbonyl (C=O) groups is 1. The Balaban J connectivity index is 2.26. The number of hydrogen-bond acceptors (Lipinski definition) is 3. The van der Waals surface area contributed by atoms with Crippen LogP contribution >= 0.6 is 0 Å². The lowest BCUT2D eigenvalue weighted by molar-refractivity contribution is 0.101. The fraction of sp³-hybridized carbons (Fsp3) is 0.188. The fourth-order valence-electron chi connectivity index (χ4n) is 2.00. The van der Waals surface area contributed by atoms with Gasteiger partial charge in [0.05, 0.1) is 5.69 Å². The highest BCUT2D eigenvalue weighted by Gasteiger charge is 2.10. The number of anilines is 1. The maximum atomic E-state index is 11.5. The number of ether oxygens (including phenoxy) is 1. The number of hydrogen-bond donors (Lipinski definition) is 2. The number of benzene rings is 2. The maximum absolute atomic E-state index is 11.5. The number of aryl methyl sites for hydroxylation is 1. The number of nitrogens with one attached hydrogen (secondary N) is 1. The van der Waals surface area contributed by atoms with Crippen LogP contribution in [0.25, 0.3) is 0 Å². The summed E-state index contributed by atoms with van der Waals surface area (Å²) in [4.78, 5) is 11.5. The van der Waals surface area contributed by atoms with E-state index in [2.05, 4.69) is 4.72 Å². The zero-order valence-electron chi connectivity index (χ0n) is 12.3. The topological polar surface area (TPSA) is 75.6 Å². The summed E-state index contributed by atoms with van der Waals surface area (Å²) in [5, 5.41) is 0. The van der Waals surface area contributed by atoms with Gasteiger partial charge in [-0.2, -0.15) is 0 Å². The SMILES string of the molecule is CC(=O)c1ccc(NS(=O)O)c(COc2ccccc2C)c1. The lowest BCUT2D eigenvalue weighted by Crippen LogP contribution is -2.08. The van der Waals surface area contributed by atoms with Crippen LogP contribution in [0.3, 0.4) is 0 Å². The second-order valence-corrected chi connectivity index (χ2v) is 5.54. The fourth-order valence-corrected chi connectivity index (χ4v) is 2.39. The van der Waals surface area contributed by atoms with E-state index in [-0.39, 0.29) is 12.4 Å². The molecule has 6 heteroatoms. The van der Waals surface area contributed by atoms with Crippen LogP contribution in [0.15, 0.2) is 42.5 Å². The predicted octanol–water partition coefficient (Wildman–Crippen LogP) is 3.33. The molecule has 1 atom stereocenters. The Kier molecular flexibility index (Phi) is 5.30. The van der Waals surface area contributed by atoms with Crippen molar-refractivity contribution in [3.05, 3.63) is 59.2 Å². The largest absolute Gasteiger partial charge is 0.489 e. The van der Waals surface area contributed by atoms with Crippen LogP contribution < -0.4 is 9.46 Å². The monoisotopic (exact) mass is 319 g/mol. The number of carbonyl (C=O) groups excluding carboxylic acids is 1. The molecule has 2 rings (SSSR count). The lowest BCUT2D eigenvalue weighted by Gasteiger charge is -2.13. The summed E-state index contributed by atoms with van der Waals surface area (Å²) < 4.78 is 28.1. The van der Waals surface area contributed by atoms with Crippen molar-refractivity contribution in [2.75, 3.05) is 4.72 Å². The van der Waals surface area contributed by atoms with Crippen molar-refractivity contribution in [1.82, 2.24) is 0 Å². The van der Waals surface area contributed by atoms with Gasteiger partial charge in [-0.3, -0.25) is 14.1 Å². The predicted molar refractivity (Wildman–Crippen MR) is 86.4 cm³/mol. The molecule has 2 aromatic rings. The second kappa shape index (κ2) is 7.20. The number of Topliss-reactive ketones (excluding diaryl/α,β-unsaturated/α-hetero) is 1. The van der Waals surface area contributed by atoms with E-state index in [0.717, 1.165) is 11.3 Å². The molecule has 22 heavy (non-hydrogen) atoms. The van der Waals surface area contributed by atoms with E-state index in [0.29, 0.717) is 16.8 Å². The van der Waals surface area contributed by atoms with Gasteiger partial charge in [0, 0.05) is 11.1 Å². The molecule has 0 saturated carbocycles. The Morgan fingerprint density at radius 1 is 1.27 bits per heavy atom. The van der Waals surface area contributed by atoms with Crippen molar-refractivity contribution in [2.24, 2.45) is 0 Å². The minimum atomic E-state index is -2.19. The highest BCUT2D eigenvalue weighted by molar-refractivity contribution is 7.80. The molecule has 0 spiro atoms. The third-order valence-electron chi connectivity index (χ3n) is 3.19. The van der Waals surface area contributed by atoms with Crippen LogP contribution in [-0.2, 0) is 17.9 Å². The minimum Gasteiger partial charge on any atom is -0.489 e. The van der Waals surface area contributed by atoms with Crippen LogP contribution in [0.5, 0.6) is 5.75 Å². The maximum Gasteiger partial charge on any atom is 0.259 e. The highest BCUT2D eigenvalue weighted by Crippen LogP contribution is 2.23. The van der Waals surface area contributed by atoms with Crippen LogP contribution in [0.2, 0.25) is 0 Å². The van der Waals surface area contributed by atoms with Crippen molar-refractivity contribution in [3.63, 3.8) is 0 Å². The molecule has 2 aromatic carbocycles. The first-order valence-corrected chi connectivity index (χ1v) is 7.78. The average Bonchev–Trinajstić information content (AvgIpc) is 2.47. The number of ketones is 1. The minimum absolute atomic E-state index is 0.0752. The van der Waals surface area contributed by atoms with Crippen LogP contribution in [0.1, 0.15) is 28.4 Å². The molecule has 0 aliphatic heterocycles. The number of para-hydroxylation sites is 1. The molecule has 0 radical (unpaired) electrons. The van der Waals surface area contributed by atoms with E-state index in [1.54, 1.807) is 18.2 Å². The quantitative estimate of drug-likeness (QED) is 0.632. The first-order chi connectivity index (χ1) is 10.5. The van der Waals surface area contributed by atoms with Gasteiger partial charge in [-0.15, -0.1) is 0 Å². The standard InChI is InChI=1S/C16H17NO4S/c1-11-5-3-4-6-16(11)21-10-14-9-13(12(2)18)7-8-15(14)17-22(19)20/h3-9,17H,10H2,1-2H3,(H,19,20). The first kappa shape index (κ1) is 16.2. The zero-order valence-corrected chi connectivity index (χ0v) is 13.1. The molecule has 0 amide bonds. The van der Waals surface area contributed by atoms with Crippen molar-refractivity contribution in [2.45, 2.75) is 20.5 Å². The van der Waals surface area contributed by atoms with Gasteiger partial charge in [0.15, 0.2) is 5.78 Å². The van der Waals surface area contributed by atoms with Gasteiger partial charge < -0.3 is 4.74 Å². The van der Waals surface area contributed by atoms with E-state index in [4.69, 9.17) is 9.29 Å². The van der Waals surface area contributed by atoms with Crippen LogP contribution in [-0.4, -0.2) is 14.5 Å². The Hall–Kier alpha value is -2.18. The Labute approximate surface area is 131 Å². The van der Waals surface area contributed by atoms with Crippen molar-refractivity contribution < 1.29 is 18.3 Å². The third kappa shape index (κ3) is 4.16. The van der Waals surface area contributed by atoms with Gasteiger partial charge in [-0.05, 0) is 43.7 Å². The molecule has 0 aliphatic rings. The zero-order chi connectivity index (χ0) is 16.1. The summed E-state index contributed by atoms with van der Waals surface area (Å²) in [6.07, 6.45) is 0. The van der Waals surface area contributed by atoms with E-state index in [1.165, 1.54) is 6.92 Å². The summed E-state index contributed by atoms with van der Waals surface area (Å²) in [5.41, 5.74) is 2.61. The Morgan fingerprint density at radius 2 is 2.00 bits per heavy atom. The van der Waals surface area contributed by atoms with E-state index >= 15 is 0 Å². The number of rotatable bonds is 6. The van der Waals surface area contributed by atoms with Gasteiger partial charge in [0.2, 0.25) is 0 Å². The molecule has 0 fully saturated rings. The molecule has 0 bridgehead atoms. The molecule has 0 aliphatic carbocycles. The van der Waals surface area contributed by atoms with E-state index in [1.807, 2.05) is 31.2 Å². The van der Waals surface area contributed by atoms with Crippen molar-refractivity contribution in [3.8, 4) is 5.75 Å². The molecular weight excluding hydrogens is 302 g/mol. The third-order valence-corrected chi connectivity index (χ3v) is 3.58. The van der Waals surface area contributed by atoms with Crippen molar-refractivity contribution >= 4 is 22.7 Å². The molecule has 1 unspecified atom stereocenters. The summed E-state index contributed by atoms with van der Waals surface area (Å²) in [6, 6.07) is 12.4. The summed E-state index contributed by atoms with van der Waals surface area (Å²) >= 11 is -2.19. The molecule has 116 valence electrons. The summed E-state index contributed by atoms with van der Waals surface area (Å²) in [6.45, 7) is 3.59.